The maximum atomic E-state index is 5.47. The number of anilines is 1. The van der Waals surface area contributed by atoms with Gasteiger partial charge in [0.25, 0.3) is 0 Å². The number of hydrogen-bond acceptors (Lipinski definition) is 6. The standard InChI is InChI=1S/C18H20N4O3/c1-23-15-11-17(25-3)16(24-2)10-13(15)12-20-14-6-4-7-19-18(14)22-9-5-8-21-22/h4-11,20H,12H2,1-3H3. The zero-order valence-electron chi connectivity index (χ0n) is 14.4. The second kappa shape index (κ2) is 7.57. The van der Waals surface area contributed by atoms with E-state index in [1.807, 2.05) is 36.5 Å². The molecule has 0 radical (unpaired) electrons. The highest BCUT2D eigenvalue weighted by molar-refractivity contribution is 5.58. The largest absolute Gasteiger partial charge is 0.496 e. The van der Waals surface area contributed by atoms with Crippen LogP contribution in [0.4, 0.5) is 5.69 Å². The molecule has 0 unspecified atom stereocenters. The van der Waals surface area contributed by atoms with Gasteiger partial charge in [-0.15, -0.1) is 0 Å². The summed E-state index contributed by atoms with van der Waals surface area (Å²) in [7, 11) is 4.84. The first kappa shape index (κ1) is 16.6. The van der Waals surface area contributed by atoms with Crippen molar-refractivity contribution < 1.29 is 14.2 Å². The number of nitrogens with one attached hydrogen (secondary N) is 1. The molecule has 0 aliphatic heterocycles. The Morgan fingerprint density at radius 3 is 2.40 bits per heavy atom. The number of methoxy groups -OCH3 is 3. The van der Waals surface area contributed by atoms with Gasteiger partial charge in [-0.3, -0.25) is 0 Å². The van der Waals surface area contributed by atoms with E-state index in [0.717, 1.165) is 22.8 Å². The lowest BCUT2D eigenvalue weighted by molar-refractivity contribution is 0.347. The minimum Gasteiger partial charge on any atom is -0.496 e. The number of pyridine rings is 1. The molecule has 7 nitrogen and oxygen atoms in total. The second-order valence-electron chi connectivity index (χ2n) is 5.20. The van der Waals surface area contributed by atoms with Gasteiger partial charge in [-0.2, -0.15) is 5.10 Å². The molecule has 130 valence electrons. The molecule has 3 rings (SSSR count). The van der Waals surface area contributed by atoms with E-state index in [1.54, 1.807) is 38.4 Å². The molecule has 0 fully saturated rings. The van der Waals surface area contributed by atoms with Gasteiger partial charge in [-0.1, -0.05) is 0 Å². The Kier molecular flexibility index (Phi) is 5.03. The molecule has 7 heteroatoms. The van der Waals surface area contributed by atoms with Crippen molar-refractivity contribution in [1.82, 2.24) is 14.8 Å². The van der Waals surface area contributed by atoms with Crippen LogP contribution in [0.2, 0.25) is 0 Å². The van der Waals surface area contributed by atoms with Gasteiger partial charge in [-0.05, 0) is 24.3 Å². The molecule has 0 bridgehead atoms. The zero-order valence-corrected chi connectivity index (χ0v) is 14.4. The number of hydrogen-bond donors (Lipinski definition) is 1. The Balaban J connectivity index is 1.87. The van der Waals surface area contributed by atoms with E-state index in [4.69, 9.17) is 14.2 Å². The molecule has 0 aliphatic carbocycles. The maximum Gasteiger partial charge on any atom is 0.176 e. The highest BCUT2D eigenvalue weighted by Gasteiger charge is 2.13. The molecule has 1 N–H and O–H groups in total. The molecule has 0 amide bonds. The summed E-state index contributed by atoms with van der Waals surface area (Å²) in [4.78, 5) is 4.40. The summed E-state index contributed by atoms with van der Waals surface area (Å²) in [5.41, 5.74) is 1.80. The summed E-state index contributed by atoms with van der Waals surface area (Å²) in [5, 5.41) is 7.62. The maximum absolute atomic E-state index is 5.47. The summed E-state index contributed by atoms with van der Waals surface area (Å²) < 4.78 is 17.9. The summed E-state index contributed by atoms with van der Waals surface area (Å²) in [5.74, 6) is 2.72. The van der Waals surface area contributed by atoms with Gasteiger partial charge in [0, 0.05) is 36.8 Å². The molecular formula is C18H20N4O3. The quantitative estimate of drug-likeness (QED) is 0.713. The lowest BCUT2D eigenvalue weighted by Gasteiger charge is -2.16. The van der Waals surface area contributed by atoms with Crippen LogP contribution >= 0.6 is 0 Å². The Hall–Kier alpha value is -3.22. The first-order valence-electron chi connectivity index (χ1n) is 7.74. The molecule has 0 saturated carbocycles. The fraction of sp³-hybridized carbons (Fsp3) is 0.222. The van der Waals surface area contributed by atoms with E-state index in [-0.39, 0.29) is 0 Å². The molecule has 0 atom stereocenters. The minimum absolute atomic E-state index is 0.531. The van der Waals surface area contributed by atoms with Crippen LogP contribution in [0, 0.1) is 0 Å². The van der Waals surface area contributed by atoms with Crippen LogP contribution in [0.1, 0.15) is 5.56 Å². The van der Waals surface area contributed by atoms with Crippen molar-refractivity contribution in [3.63, 3.8) is 0 Å². The zero-order chi connectivity index (χ0) is 17.6. The molecule has 0 aliphatic rings. The Bertz CT molecular complexity index is 834. The van der Waals surface area contributed by atoms with Gasteiger partial charge in [0.15, 0.2) is 17.3 Å². The normalized spacial score (nSPS) is 10.4. The molecule has 0 saturated heterocycles. The Labute approximate surface area is 146 Å². The topological polar surface area (TPSA) is 70.4 Å². The fourth-order valence-electron chi connectivity index (χ4n) is 2.53. The van der Waals surface area contributed by atoms with Crippen LogP contribution < -0.4 is 19.5 Å². The summed E-state index contributed by atoms with van der Waals surface area (Å²) in [6, 6.07) is 9.40. The van der Waals surface area contributed by atoms with E-state index in [2.05, 4.69) is 15.4 Å². The van der Waals surface area contributed by atoms with Crippen molar-refractivity contribution in [2.75, 3.05) is 26.6 Å². The molecule has 2 heterocycles. The van der Waals surface area contributed by atoms with Crippen LogP contribution in [0.25, 0.3) is 5.82 Å². The summed E-state index contributed by atoms with van der Waals surface area (Å²) >= 11 is 0. The third kappa shape index (κ3) is 3.50. The second-order valence-corrected chi connectivity index (χ2v) is 5.20. The Morgan fingerprint density at radius 2 is 1.72 bits per heavy atom. The highest BCUT2D eigenvalue weighted by Crippen LogP contribution is 2.35. The van der Waals surface area contributed by atoms with E-state index in [0.29, 0.717) is 18.0 Å². The first-order chi connectivity index (χ1) is 12.3. The van der Waals surface area contributed by atoms with Gasteiger partial charge >= 0.3 is 0 Å². The van der Waals surface area contributed by atoms with Crippen molar-refractivity contribution in [3.05, 3.63) is 54.5 Å². The van der Waals surface area contributed by atoms with Crippen LogP contribution in [-0.2, 0) is 6.54 Å². The monoisotopic (exact) mass is 340 g/mol. The minimum atomic E-state index is 0.531. The van der Waals surface area contributed by atoms with Gasteiger partial charge in [0.1, 0.15) is 5.75 Å². The third-order valence-electron chi connectivity index (χ3n) is 3.76. The van der Waals surface area contributed by atoms with Gasteiger partial charge < -0.3 is 19.5 Å². The van der Waals surface area contributed by atoms with Gasteiger partial charge in [0.2, 0.25) is 0 Å². The predicted octanol–water partition coefficient (Wildman–Crippen LogP) is 2.91. The van der Waals surface area contributed by atoms with E-state index in [1.165, 1.54) is 0 Å². The van der Waals surface area contributed by atoms with Crippen LogP contribution in [-0.4, -0.2) is 36.1 Å². The lowest BCUT2D eigenvalue weighted by atomic mass is 10.1. The van der Waals surface area contributed by atoms with Crippen LogP contribution in [0.15, 0.2) is 48.9 Å². The molecule has 3 aromatic rings. The molecule has 0 spiro atoms. The molecule has 25 heavy (non-hydrogen) atoms. The predicted molar refractivity (Wildman–Crippen MR) is 94.8 cm³/mol. The number of aromatic nitrogens is 3. The highest BCUT2D eigenvalue weighted by atomic mass is 16.5. The van der Waals surface area contributed by atoms with Crippen molar-refractivity contribution in [2.24, 2.45) is 0 Å². The van der Waals surface area contributed by atoms with Crippen molar-refractivity contribution in [1.29, 1.82) is 0 Å². The lowest BCUT2D eigenvalue weighted by Crippen LogP contribution is -2.08. The number of rotatable bonds is 7. The average molecular weight is 340 g/mol. The Morgan fingerprint density at radius 1 is 0.960 bits per heavy atom. The number of ether oxygens (including phenoxy) is 3. The van der Waals surface area contributed by atoms with E-state index < -0.39 is 0 Å². The first-order valence-corrected chi connectivity index (χ1v) is 7.74. The average Bonchev–Trinajstić information content (AvgIpc) is 3.20. The van der Waals surface area contributed by atoms with Crippen LogP contribution in [0.5, 0.6) is 17.2 Å². The van der Waals surface area contributed by atoms with Crippen LogP contribution in [0.3, 0.4) is 0 Å². The smallest absolute Gasteiger partial charge is 0.176 e. The third-order valence-corrected chi connectivity index (χ3v) is 3.76. The van der Waals surface area contributed by atoms with E-state index in [9.17, 15) is 0 Å². The number of benzene rings is 1. The van der Waals surface area contributed by atoms with Crippen molar-refractivity contribution in [3.8, 4) is 23.1 Å². The molecular weight excluding hydrogens is 320 g/mol. The number of nitrogens with zero attached hydrogens (tertiary/aromatic N) is 3. The van der Waals surface area contributed by atoms with Crippen molar-refractivity contribution in [2.45, 2.75) is 6.54 Å². The molecule has 2 aromatic heterocycles. The van der Waals surface area contributed by atoms with Gasteiger partial charge in [-0.25, -0.2) is 9.67 Å². The summed E-state index contributed by atoms with van der Waals surface area (Å²) in [6.45, 7) is 0.531. The van der Waals surface area contributed by atoms with Gasteiger partial charge in [0.05, 0.1) is 27.0 Å². The fourth-order valence-corrected chi connectivity index (χ4v) is 2.53. The SMILES string of the molecule is COc1cc(OC)c(OC)cc1CNc1cccnc1-n1cccn1. The van der Waals surface area contributed by atoms with E-state index >= 15 is 0 Å². The summed E-state index contributed by atoms with van der Waals surface area (Å²) in [6.07, 6.45) is 5.31. The van der Waals surface area contributed by atoms with Crippen molar-refractivity contribution >= 4 is 5.69 Å². The molecule has 1 aromatic carbocycles.